The largest absolute Gasteiger partial charge is 0.497 e. The molecular formula is C17H23N3O4S. The Kier molecular flexibility index (Phi) is 4.61. The monoisotopic (exact) mass is 365 g/mol. The second kappa shape index (κ2) is 6.44. The van der Waals surface area contributed by atoms with Crippen LogP contribution in [0.25, 0.3) is 0 Å². The highest BCUT2D eigenvalue weighted by molar-refractivity contribution is 7.89. The first-order valence-electron chi connectivity index (χ1n) is 8.08. The predicted octanol–water partition coefficient (Wildman–Crippen LogP) is 1.69. The number of nitrogens with zero attached hydrogens (tertiary/aromatic N) is 2. The van der Waals surface area contributed by atoms with Crippen molar-refractivity contribution < 1.29 is 17.9 Å². The number of primary sulfonamides is 1. The molecule has 0 bridgehead atoms. The molecule has 0 radical (unpaired) electrons. The number of aryl methyl sites for hydroxylation is 1. The molecule has 1 heterocycles. The Hall–Kier alpha value is -1.90. The number of ether oxygens (including phenoxy) is 2. The molecule has 0 spiro atoms. The van der Waals surface area contributed by atoms with Crippen LogP contribution in [0.2, 0.25) is 0 Å². The Morgan fingerprint density at radius 2 is 1.88 bits per heavy atom. The van der Waals surface area contributed by atoms with Gasteiger partial charge in [0.05, 0.1) is 12.8 Å². The van der Waals surface area contributed by atoms with Crippen molar-refractivity contribution in [3.8, 4) is 5.75 Å². The van der Waals surface area contributed by atoms with E-state index in [0.29, 0.717) is 12.0 Å². The Balaban J connectivity index is 2.11. The van der Waals surface area contributed by atoms with Crippen LogP contribution >= 0.6 is 0 Å². The Morgan fingerprint density at radius 3 is 2.32 bits per heavy atom. The molecule has 136 valence electrons. The minimum Gasteiger partial charge on any atom is -0.497 e. The van der Waals surface area contributed by atoms with Crippen molar-refractivity contribution in [1.29, 1.82) is 0 Å². The first kappa shape index (κ1) is 17.9. The summed E-state index contributed by atoms with van der Waals surface area (Å²) in [7, 11) is 1.06. The number of rotatable bonds is 6. The third kappa shape index (κ3) is 3.17. The lowest BCUT2D eigenvalue weighted by Crippen LogP contribution is -2.39. The average molecular weight is 365 g/mol. The van der Waals surface area contributed by atoms with Gasteiger partial charge in [-0.3, -0.25) is 4.68 Å². The van der Waals surface area contributed by atoms with Gasteiger partial charge in [0.1, 0.15) is 11.4 Å². The average Bonchev–Trinajstić information content (AvgIpc) is 2.86. The number of benzene rings is 1. The molecule has 25 heavy (non-hydrogen) atoms. The molecule has 1 aliphatic rings. The second-order valence-electron chi connectivity index (χ2n) is 6.38. The van der Waals surface area contributed by atoms with Crippen LogP contribution in [0.3, 0.4) is 0 Å². The predicted molar refractivity (Wildman–Crippen MR) is 92.9 cm³/mol. The molecule has 8 heteroatoms. The van der Waals surface area contributed by atoms with Gasteiger partial charge in [-0.1, -0.05) is 12.1 Å². The topological polar surface area (TPSA) is 96.4 Å². The molecule has 1 fully saturated rings. The van der Waals surface area contributed by atoms with Crippen molar-refractivity contribution in [2.75, 3.05) is 14.2 Å². The quantitative estimate of drug-likeness (QED) is 0.840. The Bertz CT molecular complexity index is 863. The summed E-state index contributed by atoms with van der Waals surface area (Å²) in [6.07, 6.45) is 3.11. The van der Waals surface area contributed by atoms with Gasteiger partial charge in [-0.05, 0) is 37.0 Å². The van der Waals surface area contributed by atoms with E-state index < -0.39 is 15.6 Å². The molecule has 0 unspecified atom stereocenters. The van der Waals surface area contributed by atoms with E-state index in [9.17, 15) is 8.42 Å². The molecule has 2 N–H and O–H groups in total. The van der Waals surface area contributed by atoms with Crippen molar-refractivity contribution in [1.82, 2.24) is 9.78 Å². The molecule has 0 saturated heterocycles. The number of hydrogen-bond acceptors (Lipinski definition) is 5. The van der Waals surface area contributed by atoms with E-state index in [1.807, 2.05) is 24.3 Å². The highest BCUT2D eigenvalue weighted by atomic mass is 32.2. The Morgan fingerprint density at radius 1 is 1.24 bits per heavy atom. The van der Waals surface area contributed by atoms with E-state index in [2.05, 4.69) is 5.10 Å². The van der Waals surface area contributed by atoms with E-state index in [1.54, 1.807) is 25.9 Å². The van der Waals surface area contributed by atoms with Gasteiger partial charge in [0.15, 0.2) is 5.03 Å². The van der Waals surface area contributed by atoms with E-state index in [-0.39, 0.29) is 5.03 Å². The lowest BCUT2D eigenvalue weighted by atomic mass is 9.75. The number of methoxy groups -OCH3 is 2. The van der Waals surface area contributed by atoms with Gasteiger partial charge in [0.2, 0.25) is 0 Å². The molecule has 0 aliphatic heterocycles. The number of aromatic nitrogens is 2. The van der Waals surface area contributed by atoms with Crippen molar-refractivity contribution in [3.05, 3.63) is 41.1 Å². The van der Waals surface area contributed by atoms with Crippen LogP contribution in [0.5, 0.6) is 5.75 Å². The first-order chi connectivity index (χ1) is 11.8. The third-order valence-corrected chi connectivity index (χ3v) is 5.77. The zero-order valence-corrected chi connectivity index (χ0v) is 15.5. The zero-order chi connectivity index (χ0) is 18.2. The fourth-order valence-corrected chi connectivity index (χ4v) is 4.23. The maximum atomic E-state index is 12.1. The maximum absolute atomic E-state index is 12.1. The molecule has 7 nitrogen and oxygen atoms in total. The second-order valence-corrected chi connectivity index (χ2v) is 7.85. The Labute approximate surface area is 147 Å². The summed E-state index contributed by atoms with van der Waals surface area (Å²) in [6.45, 7) is 0. The molecule has 2 aromatic rings. The molecule has 1 aliphatic carbocycles. The van der Waals surface area contributed by atoms with Crippen molar-refractivity contribution in [3.63, 3.8) is 0 Å². The van der Waals surface area contributed by atoms with Gasteiger partial charge < -0.3 is 9.47 Å². The smallest absolute Gasteiger partial charge is 0.257 e. The van der Waals surface area contributed by atoms with Gasteiger partial charge in [0.25, 0.3) is 10.0 Å². The highest BCUT2D eigenvalue weighted by Crippen LogP contribution is 2.46. The fraction of sp³-hybridized carbons (Fsp3) is 0.471. The van der Waals surface area contributed by atoms with Crippen molar-refractivity contribution in [2.45, 2.75) is 36.3 Å². The van der Waals surface area contributed by atoms with Crippen LogP contribution in [-0.4, -0.2) is 32.4 Å². The third-order valence-electron chi connectivity index (χ3n) is 4.90. The minimum atomic E-state index is -3.93. The van der Waals surface area contributed by atoms with Crippen molar-refractivity contribution >= 4 is 10.0 Å². The summed E-state index contributed by atoms with van der Waals surface area (Å²) < 4.78 is 36.7. The molecule has 0 atom stereocenters. The standard InChI is InChI=1S/C17H23N3O4S/c1-20-15(17(24-3)9-4-10-17)14(16(19-20)25(18,21)22)11-12-5-7-13(23-2)8-6-12/h5-8H,4,9-11H2,1-3H3,(H2,18,21,22). The summed E-state index contributed by atoms with van der Waals surface area (Å²) >= 11 is 0. The normalized spacial score (nSPS) is 16.5. The molecule has 1 saturated carbocycles. The van der Waals surface area contributed by atoms with Crippen LogP contribution in [0, 0.1) is 0 Å². The highest BCUT2D eigenvalue weighted by Gasteiger charge is 2.44. The summed E-state index contributed by atoms with van der Waals surface area (Å²) in [5.41, 5.74) is 1.86. The summed E-state index contributed by atoms with van der Waals surface area (Å²) in [5.74, 6) is 0.745. The molecule has 1 aromatic carbocycles. The van der Waals surface area contributed by atoms with E-state index >= 15 is 0 Å². The van der Waals surface area contributed by atoms with Gasteiger partial charge >= 0.3 is 0 Å². The van der Waals surface area contributed by atoms with Crippen molar-refractivity contribution in [2.24, 2.45) is 12.2 Å². The van der Waals surface area contributed by atoms with Crippen LogP contribution < -0.4 is 9.88 Å². The number of nitrogens with two attached hydrogens (primary N) is 1. The van der Waals surface area contributed by atoms with Gasteiger partial charge in [0, 0.05) is 26.1 Å². The molecule has 3 rings (SSSR count). The summed E-state index contributed by atoms with van der Waals surface area (Å²) in [5, 5.41) is 9.55. The van der Waals surface area contributed by atoms with Crippen LogP contribution in [0.4, 0.5) is 0 Å². The lowest BCUT2D eigenvalue weighted by molar-refractivity contribution is -0.0842. The SMILES string of the molecule is COc1ccc(Cc2c(S(N)(=O)=O)nn(C)c2C2(OC)CCC2)cc1. The first-order valence-corrected chi connectivity index (χ1v) is 9.62. The fourth-order valence-electron chi connectivity index (χ4n) is 3.48. The van der Waals surface area contributed by atoms with E-state index in [0.717, 1.165) is 36.3 Å². The molecule has 1 aromatic heterocycles. The summed E-state index contributed by atoms with van der Waals surface area (Å²) in [6, 6.07) is 7.50. The summed E-state index contributed by atoms with van der Waals surface area (Å²) in [4.78, 5) is 0. The van der Waals surface area contributed by atoms with E-state index in [1.165, 1.54) is 0 Å². The van der Waals surface area contributed by atoms with Gasteiger partial charge in [-0.2, -0.15) is 5.10 Å². The molecule has 0 amide bonds. The number of sulfonamides is 1. The lowest BCUT2D eigenvalue weighted by Gasteiger charge is -2.41. The van der Waals surface area contributed by atoms with Gasteiger partial charge in [-0.25, -0.2) is 13.6 Å². The number of hydrogen-bond donors (Lipinski definition) is 1. The zero-order valence-electron chi connectivity index (χ0n) is 14.7. The van der Waals surface area contributed by atoms with Crippen LogP contribution in [0.15, 0.2) is 29.3 Å². The van der Waals surface area contributed by atoms with Crippen LogP contribution in [0.1, 0.15) is 36.1 Å². The van der Waals surface area contributed by atoms with Crippen LogP contribution in [-0.2, 0) is 33.8 Å². The van der Waals surface area contributed by atoms with Gasteiger partial charge in [-0.15, -0.1) is 0 Å². The van der Waals surface area contributed by atoms with E-state index in [4.69, 9.17) is 14.6 Å². The molecular weight excluding hydrogens is 342 g/mol. The minimum absolute atomic E-state index is 0.0795. The maximum Gasteiger partial charge on any atom is 0.257 e.